The van der Waals surface area contributed by atoms with Crippen molar-refractivity contribution in [1.82, 2.24) is 4.40 Å². The summed E-state index contributed by atoms with van der Waals surface area (Å²) in [5.74, 6) is 0. The number of para-hydroxylation sites is 2. The van der Waals surface area contributed by atoms with E-state index in [1.165, 1.54) is 108 Å². The third-order valence-corrected chi connectivity index (χ3v) is 14.2. The van der Waals surface area contributed by atoms with Gasteiger partial charge in [-0.25, -0.2) is 0 Å². The summed E-state index contributed by atoms with van der Waals surface area (Å²) in [5, 5.41) is 10.1. The van der Waals surface area contributed by atoms with Crippen molar-refractivity contribution in [2.45, 2.75) is 0 Å². The molecule has 0 aliphatic rings. The maximum absolute atomic E-state index is 2.49. The third kappa shape index (κ3) is 5.64. The largest absolute Gasteiger partial charge is 0.309 e. The molecule has 0 saturated carbocycles. The van der Waals surface area contributed by atoms with Gasteiger partial charge in [0.2, 0.25) is 0 Å². The normalized spacial score (nSPS) is 11.8. The van der Waals surface area contributed by atoms with E-state index in [4.69, 9.17) is 0 Å². The fourth-order valence-corrected chi connectivity index (χ4v) is 11.3. The quantitative estimate of drug-likeness (QED) is 0.152. The van der Waals surface area contributed by atoms with E-state index in [2.05, 4.69) is 240 Å². The number of thiophene rings is 1. The Morgan fingerprint density at radius 1 is 0.349 bits per heavy atom. The molecule has 0 aliphatic carbocycles. The summed E-state index contributed by atoms with van der Waals surface area (Å²) in [6, 6.07) is 84.6. The van der Waals surface area contributed by atoms with Crippen molar-refractivity contribution in [1.29, 1.82) is 0 Å². The Balaban J connectivity index is 0.981. The molecule has 0 atom stereocenters. The van der Waals surface area contributed by atoms with Gasteiger partial charge in [0.25, 0.3) is 0 Å². The molecule has 13 rings (SSSR count). The first-order valence-corrected chi connectivity index (χ1v) is 22.4. The molecule has 0 amide bonds. The molecule has 0 radical (unpaired) electrons. The number of nitrogens with zero attached hydrogens (tertiary/aromatic N) is 2. The van der Waals surface area contributed by atoms with Crippen LogP contribution in [0.4, 0.5) is 17.1 Å². The zero-order chi connectivity index (χ0) is 41.4. The first kappa shape index (κ1) is 35.7. The molecular formula is C60H38N2S. The van der Waals surface area contributed by atoms with Gasteiger partial charge in [-0.05, 0) is 98.6 Å². The molecule has 3 heteroatoms. The molecule has 13 aromatic rings. The first-order valence-electron chi connectivity index (χ1n) is 21.6. The molecule has 2 nitrogen and oxygen atoms in total. The number of hydrogen-bond acceptors (Lipinski definition) is 2. The molecule has 0 N–H and O–H groups in total. The van der Waals surface area contributed by atoms with E-state index in [9.17, 15) is 0 Å². The molecule has 10 aromatic carbocycles. The molecule has 3 aromatic heterocycles. The van der Waals surface area contributed by atoms with Crippen molar-refractivity contribution in [3.63, 3.8) is 0 Å². The van der Waals surface area contributed by atoms with Gasteiger partial charge in [-0.2, -0.15) is 0 Å². The van der Waals surface area contributed by atoms with Crippen LogP contribution in [0.5, 0.6) is 0 Å². The number of hydrogen-bond donors (Lipinski definition) is 0. The average molecular weight is 819 g/mol. The van der Waals surface area contributed by atoms with Gasteiger partial charge >= 0.3 is 0 Å². The molecule has 294 valence electrons. The predicted octanol–water partition coefficient (Wildman–Crippen LogP) is 17.4. The van der Waals surface area contributed by atoms with Crippen LogP contribution < -0.4 is 4.90 Å². The summed E-state index contributed by atoms with van der Waals surface area (Å²) in [6.07, 6.45) is 0. The van der Waals surface area contributed by atoms with E-state index in [-0.39, 0.29) is 0 Å². The molecule has 63 heavy (non-hydrogen) atoms. The van der Waals surface area contributed by atoms with Crippen molar-refractivity contribution in [2.75, 3.05) is 4.90 Å². The van der Waals surface area contributed by atoms with Crippen molar-refractivity contribution in [3.05, 3.63) is 231 Å². The van der Waals surface area contributed by atoms with E-state index in [0.717, 1.165) is 11.4 Å². The monoisotopic (exact) mass is 818 g/mol. The number of rotatable bonds is 6. The van der Waals surface area contributed by atoms with Gasteiger partial charge in [-0.15, -0.1) is 11.3 Å². The van der Waals surface area contributed by atoms with Crippen LogP contribution in [-0.2, 0) is 0 Å². The lowest BCUT2D eigenvalue weighted by atomic mass is 9.95. The Bertz CT molecular complexity index is 3890. The Morgan fingerprint density at radius 3 is 1.73 bits per heavy atom. The second-order valence-electron chi connectivity index (χ2n) is 16.4. The highest BCUT2D eigenvalue weighted by molar-refractivity contribution is 7.26. The van der Waals surface area contributed by atoms with Gasteiger partial charge in [-0.3, -0.25) is 0 Å². The number of aromatic nitrogens is 1. The van der Waals surface area contributed by atoms with Crippen molar-refractivity contribution < 1.29 is 0 Å². The number of anilines is 3. The lowest BCUT2D eigenvalue weighted by Gasteiger charge is -2.26. The van der Waals surface area contributed by atoms with Crippen LogP contribution in [0.1, 0.15) is 0 Å². The van der Waals surface area contributed by atoms with Crippen LogP contribution in [0.15, 0.2) is 231 Å². The maximum atomic E-state index is 2.49. The second-order valence-corrected chi connectivity index (χ2v) is 17.5. The van der Waals surface area contributed by atoms with E-state index in [1.54, 1.807) is 0 Å². The highest BCUT2D eigenvalue weighted by atomic mass is 32.1. The molecule has 3 heterocycles. The zero-order valence-corrected chi connectivity index (χ0v) is 35.1. The van der Waals surface area contributed by atoms with Crippen LogP contribution >= 0.6 is 11.3 Å². The molecular weight excluding hydrogens is 781 g/mol. The Morgan fingerprint density at radius 2 is 0.937 bits per heavy atom. The standard InChI is InChI=1S/C60H38N2S/c1-2-15-42(16-3-1)58-52-21-7-10-25-55(52)62-54-24-9-6-19-49(54)48-37-32-43(38-53(48)59(58)62)39-28-33-44(34-29-39)61(56-26-13-23-51-50-20-8-11-27-57(50)63-60(51)56)45-35-30-41(31-36-45)47-22-12-17-40-14-4-5-18-46(40)47/h1-38H. The van der Waals surface area contributed by atoms with Crippen LogP contribution in [0.25, 0.3) is 102 Å². The van der Waals surface area contributed by atoms with Crippen LogP contribution in [0, 0.1) is 0 Å². The van der Waals surface area contributed by atoms with Gasteiger partial charge in [0.15, 0.2) is 0 Å². The van der Waals surface area contributed by atoms with Gasteiger partial charge in [0.1, 0.15) is 0 Å². The SMILES string of the molecule is c1ccc(-c2c3ccccc3n3c4ccccc4c4ccc(-c5ccc(N(c6ccc(-c7cccc8ccccc78)cc6)c6cccc7c6sc6ccccc67)cc5)cc4c23)cc1. The smallest absolute Gasteiger partial charge is 0.0640 e. The topological polar surface area (TPSA) is 7.65 Å². The van der Waals surface area contributed by atoms with Crippen LogP contribution in [-0.4, -0.2) is 4.40 Å². The third-order valence-electron chi connectivity index (χ3n) is 13.0. The maximum Gasteiger partial charge on any atom is 0.0640 e. The highest BCUT2D eigenvalue weighted by Crippen LogP contribution is 2.47. The number of fused-ring (bicyclic) bond motifs is 12. The number of pyridine rings is 1. The molecule has 0 unspecified atom stereocenters. The van der Waals surface area contributed by atoms with Crippen molar-refractivity contribution in [2.24, 2.45) is 0 Å². The lowest BCUT2D eigenvalue weighted by Crippen LogP contribution is -2.10. The minimum absolute atomic E-state index is 1.11. The van der Waals surface area contributed by atoms with E-state index >= 15 is 0 Å². The molecule has 0 bridgehead atoms. The Kier molecular flexibility index (Phi) is 8.12. The van der Waals surface area contributed by atoms with Gasteiger partial charge in [-0.1, -0.05) is 176 Å². The molecule has 0 aliphatic heterocycles. The lowest BCUT2D eigenvalue weighted by molar-refractivity contribution is 1.30. The van der Waals surface area contributed by atoms with Crippen LogP contribution in [0.3, 0.4) is 0 Å². The van der Waals surface area contributed by atoms with E-state index < -0.39 is 0 Å². The fraction of sp³-hybridized carbons (Fsp3) is 0. The van der Waals surface area contributed by atoms with Gasteiger partial charge < -0.3 is 9.30 Å². The predicted molar refractivity (Wildman–Crippen MR) is 271 cm³/mol. The highest BCUT2D eigenvalue weighted by Gasteiger charge is 2.21. The molecule has 0 fully saturated rings. The second kappa shape index (κ2) is 14.3. The van der Waals surface area contributed by atoms with Gasteiger partial charge in [0.05, 0.1) is 26.9 Å². The fourth-order valence-electron chi connectivity index (χ4n) is 10.1. The molecule has 0 saturated heterocycles. The van der Waals surface area contributed by atoms with E-state index in [1.807, 2.05) is 11.3 Å². The average Bonchev–Trinajstić information content (AvgIpc) is 3.92. The van der Waals surface area contributed by atoms with E-state index in [0.29, 0.717) is 0 Å². The molecule has 0 spiro atoms. The zero-order valence-electron chi connectivity index (χ0n) is 34.2. The minimum Gasteiger partial charge on any atom is -0.309 e. The summed E-state index contributed by atoms with van der Waals surface area (Å²) < 4.78 is 5.06. The van der Waals surface area contributed by atoms with Crippen molar-refractivity contribution >= 4 is 97.4 Å². The van der Waals surface area contributed by atoms with Crippen molar-refractivity contribution in [3.8, 4) is 33.4 Å². The summed E-state index contributed by atoms with van der Waals surface area (Å²) in [7, 11) is 0. The first-order chi connectivity index (χ1) is 31.3. The van der Waals surface area contributed by atoms with Crippen LogP contribution in [0.2, 0.25) is 0 Å². The Labute approximate surface area is 368 Å². The van der Waals surface area contributed by atoms with Gasteiger partial charge in [0, 0.05) is 48.6 Å². The number of benzene rings is 10. The summed E-state index contributed by atoms with van der Waals surface area (Å²) >= 11 is 1.87. The summed E-state index contributed by atoms with van der Waals surface area (Å²) in [5.41, 5.74) is 14.4. The Hall–Kier alpha value is -7.98. The minimum atomic E-state index is 1.11. The summed E-state index contributed by atoms with van der Waals surface area (Å²) in [4.78, 5) is 2.43. The summed E-state index contributed by atoms with van der Waals surface area (Å²) in [6.45, 7) is 0.